The first-order valence-electron chi connectivity index (χ1n) is 4.51. The number of hydrogen-bond acceptors (Lipinski definition) is 4. The minimum atomic E-state index is -4.59. The molecule has 1 rings (SSSR count). The van der Waals surface area contributed by atoms with E-state index in [2.05, 4.69) is 9.72 Å². The molecule has 8 heteroatoms. The maximum atomic E-state index is 12.4. The largest absolute Gasteiger partial charge is 0.468 e. The summed E-state index contributed by atoms with van der Waals surface area (Å²) in [5, 5.41) is 8.35. The number of nitrogens with zero attached hydrogens (tertiary/aromatic N) is 2. The second-order valence-electron chi connectivity index (χ2n) is 3.17. The zero-order valence-electron chi connectivity index (χ0n) is 8.95. The molecule has 0 amide bonds. The first-order valence-corrected chi connectivity index (χ1v) is 4.89. The SMILES string of the molecule is COC(=O)[C@H](C#N)c1ncc(C(F)(F)F)cc1Cl. The Labute approximate surface area is 105 Å². The minimum absolute atomic E-state index is 0.265. The van der Waals surface area contributed by atoms with Crippen molar-refractivity contribution >= 4 is 17.6 Å². The summed E-state index contributed by atoms with van der Waals surface area (Å²) in [6.45, 7) is 0. The molecular weight excluding hydrogens is 273 g/mol. The lowest BCUT2D eigenvalue weighted by molar-refractivity contribution is -0.141. The zero-order valence-corrected chi connectivity index (χ0v) is 9.71. The number of aromatic nitrogens is 1. The van der Waals surface area contributed by atoms with E-state index in [1.165, 1.54) is 0 Å². The number of nitriles is 1. The standard InChI is InChI=1S/C10H6ClF3N2O2/c1-18-9(17)6(3-15)8-7(11)2-5(4-16-8)10(12,13)14/h2,4,6H,1H3/t6-/m1/s1. The molecule has 18 heavy (non-hydrogen) atoms. The van der Waals surface area contributed by atoms with Crippen LogP contribution in [0.15, 0.2) is 12.3 Å². The van der Waals surface area contributed by atoms with Gasteiger partial charge in [-0.3, -0.25) is 9.78 Å². The van der Waals surface area contributed by atoms with Crippen LogP contribution in [0.3, 0.4) is 0 Å². The predicted octanol–water partition coefficient (Wildman–Crippen LogP) is 2.53. The summed E-state index contributed by atoms with van der Waals surface area (Å²) in [7, 11) is 1.05. The van der Waals surface area contributed by atoms with Crippen LogP contribution in [-0.4, -0.2) is 18.1 Å². The van der Waals surface area contributed by atoms with E-state index in [1.807, 2.05) is 0 Å². The minimum Gasteiger partial charge on any atom is -0.468 e. The average Bonchev–Trinajstić information content (AvgIpc) is 2.30. The molecule has 0 bridgehead atoms. The third-order valence-electron chi connectivity index (χ3n) is 2.04. The molecule has 0 aliphatic carbocycles. The van der Waals surface area contributed by atoms with Crippen molar-refractivity contribution in [1.29, 1.82) is 5.26 Å². The van der Waals surface area contributed by atoms with E-state index < -0.39 is 28.6 Å². The van der Waals surface area contributed by atoms with E-state index in [9.17, 15) is 18.0 Å². The highest BCUT2D eigenvalue weighted by Gasteiger charge is 2.33. The Hall–Kier alpha value is -1.81. The summed E-state index contributed by atoms with van der Waals surface area (Å²) >= 11 is 5.59. The maximum Gasteiger partial charge on any atom is 0.417 e. The second kappa shape index (κ2) is 5.23. The van der Waals surface area contributed by atoms with Crippen molar-refractivity contribution < 1.29 is 22.7 Å². The Bertz CT molecular complexity index is 511. The first kappa shape index (κ1) is 14.3. The maximum absolute atomic E-state index is 12.4. The van der Waals surface area contributed by atoms with Crippen LogP contribution >= 0.6 is 11.6 Å². The highest BCUT2D eigenvalue weighted by atomic mass is 35.5. The van der Waals surface area contributed by atoms with Gasteiger partial charge >= 0.3 is 12.1 Å². The van der Waals surface area contributed by atoms with Crippen LogP contribution in [-0.2, 0) is 15.7 Å². The van der Waals surface area contributed by atoms with Gasteiger partial charge in [-0.1, -0.05) is 11.6 Å². The molecule has 1 heterocycles. The number of pyridine rings is 1. The number of carbonyl (C=O) groups excluding carboxylic acids is 1. The number of carbonyl (C=O) groups is 1. The summed E-state index contributed by atoms with van der Waals surface area (Å²) in [5.74, 6) is -2.39. The van der Waals surface area contributed by atoms with E-state index in [1.54, 1.807) is 6.07 Å². The van der Waals surface area contributed by atoms with Gasteiger partial charge in [0.05, 0.1) is 29.5 Å². The molecule has 0 fully saturated rings. The summed E-state index contributed by atoms with van der Waals surface area (Å²) in [4.78, 5) is 14.6. The third-order valence-corrected chi connectivity index (χ3v) is 2.34. The Morgan fingerprint density at radius 2 is 2.22 bits per heavy atom. The molecule has 0 aliphatic heterocycles. The van der Waals surface area contributed by atoms with Crippen LogP contribution in [0.1, 0.15) is 17.2 Å². The predicted molar refractivity (Wildman–Crippen MR) is 54.6 cm³/mol. The van der Waals surface area contributed by atoms with Crippen LogP contribution in [0.25, 0.3) is 0 Å². The average molecular weight is 279 g/mol. The summed E-state index contributed by atoms with van der Waals surface area (Å²) in [6.07, 6.45) is -4.09. The van der Waals surface area contributed by atoms with E-state index in [4.69, 9.17) is 16.9 Å². The lowest BCUT2D eigenvalue weighted by atomic mass is 10.1. The molecule has 0 radical (unpaired) electrons. The molecule has 0 unspecified atom stereocenters. The van der Waals surface area contributed by atoms with Crippen LogP contribution < -0.4 is 0 Å². The molecule has 0 N–H and O–H groups in total. The van der Waals surface area contributed by atoms with Gasteiger partial charge in [0.2, 0.25) is 0 Å². The fourth-order valence-corrected chi connectivity index (χ4v) is 1.43. The number of hydrogen-bond donors (Lipinski definition) is 0. The molecule has 0 aliphatic rings. The topological polar surface area (TPSA) is 63.0 Å². The Balaban J connectivity index is 3.21. The molecule has 1 aromatic heterocycles. The fourth-order valence-electron chi connectivity index (χ4n) is 1.16. The van der Waals surface area contributed by atoms with Gasteiger partial charge in [0.1, 0.15) is 0 Å². The Kier molecular flexibility index (Phi) is 4.14. The second-order valence-corrected chi connectivity index (χ2v) is 3.58. The van der Waals surface area contributed by atoms with Crippen LogP contribution in [0.2, 0.25) is 5.02 Å². The van der Waals surface area contributed by atoms with Gasteiger partial charge in [-0.15, -0.1) is 0 Å². The van der Waals surface area contributed by atoms with Crippen molar-refractivity contribution in [3.8, 4) is 6.07 Å². The quantitative estimate of drug-likeness (QED) is 0.780. The van der Waals surface area contributed by atoms with Crippen molar-refractivity contribution in [3.63, 3.8) is 0 Å². The number of alkyl halides is 3. The van der Waals surface area contributed by atoms with Gasteiger partial charge in [0.15, 0.2) is 5.92 Å². The van der Waals surface area contributed by atoms with Gasteiger partial charge in [0, 0.05) is 6.20 Å². The molecule has 1 atom stereocenters. The number of methoxy groups -OCH3 is 1. The summed E-state index contributed by atoms with van der Waals surface area (Å²) in [6, 6.07) is 2.17. The van der Waals surface area contributed by atoms with Crippen molar-refractivity contribution in [1.82, 2.24) is 4.98 Å². The van der Waals surface area contributed by atoms with Gasteiger partial charge in [-0.25, -0.2) is 0 Å². The lowest BCUT2D eigenvalue weighted by Gasteiger charge is -2.11. The Morgan fingerprint density at radius 1 is 1.61 bits per heavy atom. The van der Waals surface area contributed by atoms with E-state index >= 15 is 0 Å². The van der Waals surface area contributed by atoms with Crippen LogP contribution in [0.5, 0.6) is 0 Å². The molecule has 0 saturated heterocycles. The molecule has 96 valence electrons. The zero-order chi connectivity index (χ0) is 13.9. The first-order chi connectivity index (χ1) is 8.31. The number of esters is 1. The monoisotopic (exact) mass is 278 g/mol. The summed E-state index contributed by atoms with van der Waals surface area (Å²) in [5.41, 5.74) is -1.32. The van der Waals surface area contributed by atoms with Crippen molar-refractivity contribution in [2.24, 2.45) is 0 Å². The number of rotatable bonds is 2. The van der Waals surface area contributed by atoms with Gasteiger partial charge in [-0.05, 0) is 6.07 Å². The van der Waals surface area contributed by atoms with Crippen molar-refractivity contribution in [2.75, 3.05) is 7.11 Å². The number of halogens is 4. The van der Waals surface area contributed by atoms with E-state index in [-0.39, 0.29) is 5.69 Å². The van der Waals surface area contributed by atoms with Crippen LogP contribution in [0.4, 0.5) is 13.2 Å². The van der Waals surface area contributed by atoms with Gasteiger partial charge < -0.3 is 4.74 Å². The van der Waals surface area contributed by atoms with E-state index in [0.717, 1.165) is 7.11 Å². The van der Waals surface area contributed by atoms with Gasteiger partial charge in [0.25, 0.3) is 0 Å². The van der Waals surface area contributed by atoms with E-state index in [0.29, 0.717) is 12.3 Å². The molecular formula is C10H6ClF3N2O2. The summed E-state index contributed by atoms with van der Waals surface area (Å²) < 4.78 is 41.4. The molecule has 1 aromatic rings. The molecule has 0 aromatic carbocycles. The molecule has 0 spiro atoms. The molecule has 0 saturated carbocycles. The van der Waals surface area contributed by atoms with Crippen molar-refractivity contribution in [3.05, 3.63) is 28.5 Å². The molecule has 4 nitrogen and oxygen atoms in total. The normalized spacial score (nSPS) is 12.7. The smallest absolute Gasteiger partial charge is 0.417 e. The third kappa shape index (κ3) is 2.90. The lowest BCUT2D eigenvalue weighted by Crippen LogP contribution is -2.15. The highest BCUT2D eigenvalue weighted by molar-refractivity contribution is 6.31. The van der Waals surface area contributed by atoms with Gasteiger partial charge in [-0.2, -0.15) is 18.4 Å². The van der Waals surface area contributed by atoms with Crippen molar-refractivity contribution in [2.45, 2.75) is 12.1 Å². The fraction of sp³-hybridized carbons (Fsp3) is 0.300. The Morgan fingerprint density at radius 3 is 2.61 bits per heavy atom. The van der Waals surface area contributed by atoms with Crippen LogP contribution in [0, 0.1) is 11.3 Å². The highest BCUT2D eigenvalue weighted by Crippen LogP contribution is 2.32. The number of ether oxygens (including phenoxy) is 1.